The topological polar surface area (TPSA) is 52.6 Å². The van der Waals surface area contributed by atoms with Gasteiger partial charge in [0.2, 0.25) is 9.05 Å². The molecule has 0 atom stereocenters. The van der Waals surface area contributed by atoms with Gasteiger partial charge in [0.05, 0.1) is 20.0 Å². The zero-order valence-corrected chi connectivity index (χ0v) is 13.4. The molecule has 1 aromatic carbocycles. The number of methoxy groups -OCH3 is 2. The van der Waals surface area contributed by atoms with Gasteiger partial charge < -0.3 is 9.47 Å². The molecule has 6 heteroatoms. The van der Waals surface area contributed by atoms with Gasteiger partial charge in [-0.2, -0.15) is 0 Å². The third kappa shape index (κ3) is 4.28. The van der Waals surface area contributed by atoms with Gasteiger partial charge in [0.15, 0.2) is 0 Å². The summed E-state index contributed by atoms with van der Waals surface area (Å²) in [7, 11) is 4.72. The number of hydrogen-bond acceptors (Lipinski definition) is 4. The molecule has 0 fully saturated rings. The summed E-state index contributed by atoms with van der Waals surface area (Å²) in [5.41, 5.74) is 1.18. The molecule has 0 aromatic heterocycles. The molecular formula is C13H19ClO4S. The summed E-state index contributed by atoms with van der Waals surface area (Å²) in [6.07, 6.45) is 0. The molecule has 0 bridgehead atoms. The van der Waals surface area contributed by atoms with Crippen molar-refractivity contribution in [2.45, 2.75) is 31.9 Å². The average Bonchev–Trinajstić information content (AvgIpc) is 2.24. The second kappa shape index (κ2) is 5.59. The van der Waals surface area contributed by atoms with Crippen LogP contribution in [0.3, 0.4) is 0 Å². The Morgan fingerprint density at radius 1 is 1.16 bits per heavy atom. The van der Waals surface area contributed by atoms with Gasteiger partial charge in [-0.3, -0.25) is 0 Å². The summed E-state index contributed by atoms with van der Waals surface area (Å²) in [6.45, 7) is 6.05. The van der Waals surface area contributed by atoms with E-state index in [1.54, 1.807) is 6.07 Å². The molecule has 0 aliphatic rings. The third-order valence-corrected chi connectivity index (χ3v) is 3.70. The Hall–Kier alpha value is -0.940. The minimum absolute atomic E-state index is 0.204. The van der Waals surface area contributed by atoms with Crippen molar-refractivity contribution in [1.82, 2.24) is 0 Å². The van der Waals surface area contributed by atoms with E-state index in [1.165, 1.54) is 14.2 Å². The summed E-state index contributed by atoms with van der Waals surface area (Å²) >= 11 is 0. The van der Waals surface area contributed by atoms with Crippen molar-refractivity contribution in [1.29, 1.82) is 0 Å². The van der Waals surface area contributed by atoms with Crippen LogP contribution >= 0.6 is 10.7 Å². The molecule has 1 rings (SSSR count). The van der Waals surface area contributed by atoms with Crippen LogP contribution in [0.4, 0.5) is 0 Å². The molecule has 0 aliphatic carbocycles. The lowest BCUT2D eigenvalue weighted by Crippen LogP contribution is -2.15. The fourth-order valence-corrected chi connectivity index (χ4v) is 2.81. The van der Waals surface area contributed by atoms with Gasteiger partial charge in [-0.25, -0.2) is 8.42 Å². The second-order valence-electron chi connectivity index (χ2n) is 5.30. The molecule has 0 spiro atoms. The van der Waals surface area contributed by atoms with Gasteiger partial charge in [0.1, 0.15) is 11.5 Å². The lowest BCUT2D eigenvalue weighted by Gasteiger charge is -2.24. The van der Waals surface area contributed by atoms with E-state index >= 15 is 0 Å². The first-order valence-electron chi connectivity index (χ1n) is 5.76. The van der Waals surface area contributed by atoms with Gasteiger partial charge >= 0.3 is 0 Å². The van der Waals surface area contributed by atoms with E-state index in [4.69, 9.17) is 20.2 Å². The molecule has 0 saturated carbocycles. The monoisotopic (exact) mass is 306 g/mol. The van der Waals surface area contributed by atoms with Gasteiger partial charge in [0, 0.05) is 21.8 Å². The minimum Gasteiger partial charge on any atom is -0.497 e. The predicted molar refractivity (Wildman–Crippen MR) is 76.7 cm³/mol. The summed E-state index contributed by atoms with van der Waals surface area (Å²) in [4.78, 5) is 0. The summed E-state index contributed by atoms with van der Waals surface area (Å²) in [5, 5.41) is 0. The molecule has 19 heavy (non-hydrogen) atoms. The van der Waals surface area contributed by atoms with Crippen molar-refractivity contribution >= 4 is 19.7 Å². The van der Waals surface area contributed by atoms with Gasteiger partial charge in [-0.1, -0.05) is 20.8 Å². The first-order chi connectivity index (χ1) is 8.58. The number of ether oxygens (including phenoxy) is 2. The molecule has 0 unspecified atom stereocenters. The molecule has 0 amide bonds. The number of halogens is 1. The van der Waals surface area contributed by atoms with Crippen LogP contribution in [0, 0.1) is 0 Å². The van der Waals surface area contributed by atoms with Crippen LogP contribution in [0.25, 0.3) is 0 Å². The molecular weight excluding hydrogens is 288 g/mol. The normalized spacial score (nSPS) is 12.3. The van der Waals surface area contributed by atoms with Crippen LogP contribution in [0.15, 0.2) is 12.1 Å². The van der Waals surface area contributed by atoms with Crippen LogP contribution in [0.5, 0.6) is 11.5 Å². The summed E-state index contributed by atoms with van der Waals surface area (Å²) < 4.78 is 33.2. The summed E-state index contributed by atoms with van der Waals surface area (Å²) in [5.74, 6) is 0.830. The highest BCUT2D eigenvalue weighted by Gasteiger charge is 2.24. The van der Waals surface area contributed by atoms with Crippen LogP contribution in [0.2, 0.25) is 0 Å². The lowest BCUT2D eigenvalue weighted by atomic mass is 9.85. The van der Waals surface area contributed by atoms with Gasteiger partial charge in [-0.05, 0) is 17.5 Å². The van der Waals surface area contributed by atoms with E-state index in [0.717, 1.165) is 5.56 Å². The van der Waals surface area contributed by atoms with Gasteiger partial charge in [0.25, 0.3) is 0 Å². The quantitative estimate of drug-likeness (QED) is 0.802. The standard InChI is InChI=1S/C13H19ClO4S/c1-13(2,3)11-7-10(17-4)6-9(12(11)18-5)8-19(14,15)16/h6-7H,8H2,1-5H3. The van der Waals surface area contributed by atoms with Crippen molar-refractivity contribution in [2.75, 3.05) is 14.2 Å². The summed E-state index contributed by atoms with van der Waals surface area (Å²) in [6, 6.07) is 3.48. The zero-order valence-electron chi connectivity index (χ0n) is 11.8. The Balaban J connectivity index is 3.52. The lowest BCUT2D eigenvalue weighted by molar-refractivity contribution is 0.384. The molecule has 0 radical (unpaired) electrons. The Bertz CT molecular complexity index is 559. The van der Waals surface area contributed by atoms with Crippen LogP contribution in [-0.2, 0) is 20.2 Å². The van der Waals surface area contributed by atoms with E-state index in [9.17, 15) is 8.42 Å². The fourth-order valence-electron chi connectivity index (χ4n) is 1.87. The maximum Gasteiger partial charge on any atom is 0.236 e. The highest BCUT2D eigenvalue weighted by Crippen LogP contribution is 2.38. The van der Waals surface area contributed by atoms with Crippen molar-refractivity contribution in [3.05, 3.63) is 23.3 Å². The first-order valence-corrected chi connectivity index (χ1v) is 8.24. The van der Waals surface area contributed by atoms with Crippen molar-refractivity contribution in [3.8, 4) is 11.5 Å². The first kappa shape index (κ1) is 16.1. The molecule has 0 aliphatic heterocycles. The van der Waals surface area contributed by atoms with E-state index in [1.807, 2.05) is 26.8 Å². The maximum atomic E-state index is 11.3. The average molecular weight is 307 g/mol. The maximum absolute atomic E-state index is 11.3. The number of benzene rings is 1. The van der Waals surface area contributed by atoms with E-state index in [2.05, 4.69) is 0 Å². The Morgan fingerprint density at radius 2 is 1.74 bits per heavy atom. The molecule has 0 N–H and O–H groups in total. The van der Waals surface area contributed by atoms with Crippen molar-refractivity contribution < 1.29 is 17.9 Å². The predicted octanol–water partition coefficient (Wildman–Crippen LogP) is 3.07. The minimum atomic E-state index is -3.66. The van der Waals surface area contributed by atoms with Crippen molar-refractivity contribution in [3.63, 3.8) is 0 Å². The number of hydrogen-bond donors (Lipinski definition) is 0. The molecule has 0 saturated heterocycles. The van der Waals surface area contributed by atoms with E-state index in [0.29, 0.717) is 17.1 Å². The molecule has 4 nitrogen and oxygen atoms in total. The van der Waals surface area contributed by atoms with Crippen molar-refractivity contribution in [2.24, 2.45) is 0 Å². The molecule has 0 heterocycles. The largest absolute Gasteiger partial charge is 0.497 e. The second-order valence-corrected chi connectivity index (χ2v) is 8.08. The smallest absolute Gasteiger partial charge is 0.236 e. The Kier molecular flexibility index (Phi) is 4.74. The Morgan fingerprint density at radius 3 is 2.11 bits per heavy atom. The van der Waals surface area contributed by atoms with Crippen LogP contribution < -0.4 is 9.47 Å². The van der Waals surface area contributed by atoms with E-state index < -0.39 is 9.05 Å². The number of rotatable bonds is 4. The Labute approximate surface area is 119 Å². The highest BCUT2D eigenvalue weighted by molar-refractivity contribution is 8.13. The fraction of sp³-hybridized carbons (Fsp3) is 0.538. The zero-order chi connectivity index (χ0) is 14.8. The highest BCUT2D eigenvalue weighted by atomic mass is 35.7. The van der Waals surface area contributed by atoms with Crippen LogP contribution in [-0.4, -0.2) is 22.6 Å². The third-order valence-electron chi connectivity index (χ3n) is 2.72. The van der Waals surface area contributed by atoms with E-state index in [-0.39, 0.29) is 11.2 Å². The SMILES string of the molecule is COc1cc(CS(=O)(=O)Cl)c(OC)c(C(C)(C)C)c1. The molecule has 108 valence electrons. The van der Waals surface area contributed by atoms with Crippen LogP contribution in [0.1, 0.15) is 31.9 Å². The molecule has 1 aromatic rings. The van der Waals surface area contributed by atoms with Gasteiger partial charge in [-0.15, -0.1) is 0 Å².